The summed E-state index contributed by atoms with van der Waals surface area (Å²) in [5.74, 6) is 0. The van der Waals surface area contributed by atoms with E-state index in [9.17, 15) is 0 Å². The lowest BCUT2D eigenvalue weighted by Gasteiger charge is -1.97. The van der Waals surface area contributed by atoms with E-state index in [-0.39, 0.29) is -0.665 Å². The molecule has 0 nitrogen and oxygen atoms in total. The van der Waals surface area contributed by atoms with E-state index < -0.39 is 0 Å². The van der Waals surface area contributed by atoms with Crippen LogP contribution < -0.4 is 0 Å². The lowest BCUT2D eigenvalue weighted by molar-refractivity contribution is 2.20. The molecule has 0 saturated carbocycles. The van der Waals surface area contributed by atoms with Crippen molar-refractivity contribution in [3.8, 4) is 0 Å². The summed E-state index contributed by atoms with van der Waals surface area (Å²) in [7, 11) is 5.31. The van der Waals surface area contributed by atoms with E-state index in [4.69, 9.17) is 7.85 Å². The van der Waals surface area contributed by atoms with Crippen LogP contribution >= 0.6 is 67.8 Å². The summed E-state index contributed by atoms with van der Waals surface area (Å²) in [6.45, 7) is 0. The van der Waals surface area contributed by atoms with Gasteiger partial charge in [-0.2, -0.15) is 0 Å². The molecule has 4 heteroatoms. The van der Waals surface area contributed by atoms with Gasteiger partial charge in [-0.1, -0.05) is 67.8 Å². The van der Waals surface area contributed by atoms with E-state index in [0.29, 0.717) is 0 Å². The molecule has 28 valence electrons. The fourth-order valence-electron chi connectivity index (χ4n) is 0. The minimum Gasteiger partial charge on any atom is -0.0669 e. The van der Waals surface area contributed by atoms with Crippen LogP contribution in [0, 0.1) is 0 Å². The summed E-state index contributed by atoms with van der Waals surface area (Å²) in [6, 6.07) is 0. The highest BCUT2D eigenvalue weighted by atomic mass is 127. The Balaban J connectivity index is 3.02. The van der Waals surface area contributed by atoms with E-state index in [1.54, 1.807) is 0 Å². The molecular formula is CBI3. The SMILES string of the molecule is [B]C(I)(I)I. The Morgan fingerprint density at radius 1 is 1.20 bits per heavy atom. The zero-order valence-electron chi connectivity index (χ0n) is 2.21. The minimum atomic E-state index is -0.0900. The van der Waals surface area contributed by atoms with Crippen molar-refractivity contribution in [3.63, 3.8) is 0 Å². The second kappa shape index (κ2) is 2.53. The molecule has 0 aromatic carbocycles. The maximum atomic E-state index is 5.31. The fourth-order valence-corrected chi connectivity index (χ4v) is 0. The van der Waals surface area contributed by atoms with Crippen LogP contribution in [0.2, 0.25) is 0 Å². The van der Waals surface area contributed by atoms with Crippen LogP contribution in [0.5, 0.6) is 0 Å². The minimum absolute atomic E-state index is 0.0900. The summed E-state index contributed by atoms with van der Waals surface area (Å²) < 4.78 is -0.0900. The van der Waals surface area contributed by atoms with E-state index in [1.165, 1.54) is 0 Å². The molecule has 0 fully saturated rings. The quantitative estimate of drug-likeness (QED) is 0.330. The van der Waals surface area contributed by atoms with Crippen molar-refractivity contribution in [3.05, 3.63) is 0 Å². The predicted molar refractivity (Wildman–Crippen MR) is 50.5 cm³/mol. The van der Waals surface area contributed by atoms with Crippen LogP contribution in [-0.4, -0.2) is 7.18 Å². The molecular weight excluding hydrogens is 404 g/mol. The number of hydrogen-bond acceptors (Lipinski definition) is 0. The third kappa shape index (κ3) is 22.3. The molecule has 0 saturated heterocycles. The van der Waals surface area contributed by atoms with Gasteiger partial charge in [-0.25, -0.2) is 0 Å². The third-order valence-corrected chi connectivity index (χ3v) is 0. The van der Waals surface area contributed by atoms with Crippen molar-refractivity contribution < 1.29 is 0 Å². The molecule has 0 atom stereocenters. The maximum Gasteiger partial charge on any atom is 0.118 e. The molecule has 0 aliphatic carbocycles. The lowest BCUT2D eigenvalue weighted by atomic mass is 10.2. The van der Waals surface area contributed by atoms with Gasteiger partial charge in [0.2, 0.25) is 0 Å². The highest BCUT2D eigenvalue weighted by Crippen LogP contribution is 2.30. The predicted octanol–water partition coefficient (Wildman–Crippen LogP) is 2.07. The first-order valence-corrected chi connectivity index (χ1v) is 4.09. The Labute approximate surface area is 73.7 Å². The second-order valence-electron chi connectivity index (χ2n) is 0.542. The molecule has 0 aliphatic rings. The van der Waals surface area contributed by atoms with Crippen LogP contribution in [0.4, 0.5) is 0 Å². The molecule has 0 aromatic heterocycles. The van der Waals surface area contributed by atoms with Crippen LogP contribution in [0.3, 0.4) is 0 Å². The number of rotatable bonds is 0. The van der Waals surface area contributed by atoms with Gasteiger partial charge in [-0.15, -0.1) is 0 Å². The van der Waals surface area contributed by atoms with Crippen molar-refractivity contribution in [1.29, 1.82) is 0 Å². The zero-order chi connectivity index (χ0) is 4.50. The van der Waals surface area contributed by atoms with Gasteiger partial charge in [0.25, 0.3) is 0 Å². The fraction of sp³-hybridized carbons (Fsp3) is 1.00. The second-order valence-corrected chi connectivity index (χ2v) is 11.8. The summed E-state index contributed by atoms with van der Waals surface area (Å²) in [5.41, 5.74) is 0. The molecule has 0 bridgehead atoms. The maximum absolute atomic E-state index is 5.31. The van der Waals surface area contributed by atoms with Crippen LogP contribution in [0.1, 0.15) is 0 Å². The summed E-state index contributed by atoms with van der Waals surface area (Å²) in [5, 5.41) is 0. The largest absolute Gasteiger partial charge is 0.118 e. The standard InChI is InChI=1S/CBI3/c2-1(3,4)5. The first-order chi connectivity index (χ1) is 2.00. The zero-order valence-corrected chi connectivity index (χ0v) is 8.68. The summed E-state index contributed by atoms with van der Waals surface area (Å²) in [4.78, 5) is 0. The number of halogens is 3. The van der Waals surface area contributed by atoms with Gasteiger partial charge in [0, 0.05) is 0 Å². The average molecular weight is 404 g/mol. The highest BCUT2D eigenvalue weighted by Gasteiger charge is 2.03. The monoisotopic (exact) mass is 404 g/mol. The van der Waals surface area contributed by atoms with Crippen molar-refractivity contribution in [1.82, 2.24) is 0 Å². The first kappa shape index (κ1) is 7.25. The molecule has 0 aromatic rings. The molecule has 0 spiro atoms. The summed E-state index contributed by atoms with van der Waals surface area (Å²) >= 11 is 6.39. The molecule has 2 radical (unpaired) electrons. The van der Waals surface area contributed by atoms with Crippen molar-refractivity contribution in [2.45, 2.75) is -0.665 Å². The van der Waals surface area contributed by atoms with Crippen molar-refractivity contribution in [2.24, 2.45) is 0 Å². The molecule has 0 amide bonds. The molecule has 0 rings (SSSR count). The number of hydrogen-bond donors (Lipinski definition) is 0. The number of alkyl halides is 3. The van der Waals surface area contributed by atoms with Gasteiger partial charge >= 0.3 is 0 Å². The van der Waals surface area contributed by atoms with Gasteiger partial charge in [0.1, 0.15) is 7.85 Å². The van der Waals surface area contributed by atoms with Gasteiger partial charge < -0.3 is 0 Å². The highest BCUT2D eigenvalue weighted by molar-refractivity contribution is 14.3. The van der Waals surface area contributed by atoms with Gasteiger partial charge in [-0.05, 0) is 0 Å². The van der Waals surface area contributed by atoms with Crippen molar-refractivity contribution in [2.75, 3.05) is 0 Å². The van der Waals surface area contributed by atoms with E-state index in [2.05, 4.69) is 67.8 Å². The van der Waals surface area contributed by atoms with Crippen LogP contribution in [0.15, 0.2) is 0 Å². The average Bonchev–Trinajstić information content (AvgIpc) is 0.722. The van der Waals surface area contributed by atoms with E-state index >= 15 is 0 Å². The smallest absolute Gasteiger partial charge is 0.0669 e. The summed E-state index contributed by atoms with van der Waals surface area (Å²) in [6.07, 6.45) is 0. The Hall–Kier alpha value is 2.25. The molecule has 0 aliphatic heterocycles. The van der Waals surface area contributed by atoms with Gasteiger partial charge in [0.05, 0.1) is -0.665 Å². The third-order valence-electron chi connectivity index (χ3n) is 0. The Kier molecular flexibility index (Phi) is 3.68. The Bertz CT molecular complexity index is 22.4. The Morgan fingerprint density at radius 3 is 1.20 bits per heavy atom. The van der Waals surface area contributed by atoms with E-state index in [0.717, 1.165) is 0 Å². The molecule has 0 unspecified atom stereocenters. The van der Waals surface area contributed by atoms with Crippen LogP contribution in [-0.2, 0) is 0 Å². The van der Waals surface area contributed by atoms with Gasteiger partial charge in [0.15, 0.2) is 0 Å². The van der Waals surface area contributed by atoms with E-state index in [1.807, 2.05) is 0 Å². The molecule has 5 heavy (non-hydrogen) atoms. The topological polar surface area (TPSA) is 0 Å². The first-order valence-electron chi connectivity index (χ1n) is 0.856. The molecule has 0 N–H and O–H groups in total. The van der Waals surface area contributed by atoms with Crippen LogP contribution in [0.25, 0.3) is 0 Å². The van der Waals surface area contributed by atoms with Gasteiger partial charge in [-0.3, -0.25) is 0 Å². The van der Waals surface area contributed by atoms with Crippen molar-refractivity contribution >= 4 is 75.6 Å². The molecule has 0 heterocycles. The lowest BCUT2D eigenvalue weighted by Crippen LogP contribution is -1.92. The normalized spacial score (nSPS) is 11.8. The Morgan fingerprint density at radius 2 is 1.20 bits per heavy atom.